The second-order valence-electron chi connectivity index (χ2n) is 5.16. The molecule has 1 aromatic rings. The van der Waals surface area contributed by atoms with E-state index in [0.717, 1.165) is 31.0 Å². The maximum absolute atomic E-state index is 13.5. The molecule has 1 aromatic carbocycles. The van der Waals surface area contributed by atoms with Crippen molar-refractivity contribution in [3.05, 3.63) is 35.4 Å². The molecule has 5 heteroatoms. The summed E-state index contributed by atoms with van der Waals surface area (Å²) < 4.78 is 26.6. The van der Waals surface area contributed by atoms with E-state index >= 15 is 0 Å². The fraction of sp³-hybridized carbons (Fsp3) is 0.500. The summed E-state index contributed by atoms with van der Waals surface area (Å²) >= 11 is 0. The van der Waals surface area contributed by atoms with E-state index in [1.54, 1.807) is 6.92 Å². The van der Waals surface area contributed by atoms with E-state index in [1.165, 1.54) is 0 Å². The van der Waals surface area contributed by atoms with Crippen molar-refractivity contribution in [2.75, 3.05) is 0 Å². The van der Waals surface area contributed by atoms with Crippen LogP contribution in [0.15, 0.2) is 18.2 Å². The summed E-state index contributed by atoms with van der Waals surface area (Å²) in [4.78, 5) is 11.8. The largest absolute Gasteiger partial charge is 0.349 e. The lowest BCUT2D eigenvalue weighted by Crippen LogP contribution is -2.34. The first kappa shape index (κ1) is 13.9. The maximum Gasteiger partial charge on any atom is 0.222 e. The molecule has 0 aliphatic heterocycles. The number of benzene rings is 1. The van der Waals surface area contributed by atoms with Crippen LogP contribution >= 0.6 is 0 Å². The molecule has 2 atom stereocenters. The highest BCUT2D eigenvalue weighted by Gasteiger charge is 2.30. The third-order valence-corrected chi connectivity index (χ3v) is 3.45. The molecule has 1 amide bonds. The van der Waals surface area contributed by atoms with Gasteiger partial charge in [0.15, 0.2) is 0 Å². The number of hydrogen-bond acceptors (Lipinski definition) is 2. The summed E-state index contributed by atoms with van der Waals surface area (Å²) in [6.45, 7) is 1.62. The summed E-state index contributed by atoms with van der Waals surface area (Å²) in [6, 6.07) is 2.50. The van der Waals surface area contributed by atoms with E-state index in [9.17, 15) is 13.6 Å². The van der Waals surface area contributed by atoms with Crippen LogP contribution in [0.25, 0.3) is 0 Å². The Morgan fingerprint density at radius 1 is 1.47 bits per heavy atom. The topological polar surface area (TPSA) is 55.1 Å². The molecule has 0 heterocycles. The standard InChI is InChI=1S/C14H18F2N2O/c1-8(11-6-10(15)4-5-12(11)16)18-14(19)7-13(17)9-2-3-9/h4-6,8-9,13H,2-3,7,17H2,1H3,(H,18,19). The van der Waals surface area contributed by atoms with Gasteiger partial charge in [0, 0.05) is 18.0 Å². The predicted molar refractivity (Wildman–Crippen MR) is 68.2 cm³/mol. The van der Waals surface area contributed by atoms with Gasteiger partial charge in [0.25, 0.3) is 0 Å². The molecule has 104 valence electrons. The minimum absolute atomic E-state index is 0.135. The Kier molecular flexibility index (Phi) is 4.14. The number of nitrogens with two attached hydrogens (primary N) is 1. The van der Waals surface area contributed by atoms with Crippen molar-refractivity contribution in [3.8, 4) is 0 Å². The van der Waals surface area contributed by atoms with Gasteiger partial charge < -0.3 is 11.1 Å². The highest BCUT2D eigenvalue weighted by atomic mass is 19.1. The Morgan fingerprint density at radius 3 is 2.79 bits per heavy atom. The number of carbonyl (C=O) groups is 1. The van der Waals surface area contributed by atoms with Crippen molar-refractivity contribution >= 4 is 5.91 Å². The van der Waals surface area contributed by atoms with Gasteiger partial charge in [-0.2, -0.15) is 0 Å². The van der Waals surface area contributed by atoms with Crippen LogP contribution in [0.2, 0.25) is 0 Å². The Hall–Kier alpha value is -1.49. The number of nitrogens with one attached hydrogen (secondary N) is 1. The van der Waals surface area contributed by atoms with E-state index in [2.05, 4.69) is 5.32 Å². The quantitative estimate of drug-likeness (QED) is 0.860. The summed E-state index contributed by atoms with van der Waals surface area (Å²) in [6.07, 6.45) is 2.37. The highest BCUT2D eigenvalue weighted by Crippen LogP contribution is 2.32. The van der Waals surface area contributed by atoms with Gasteiger partial charge in [-0.25, -0.2) is 8.78 Å². The van der Waals surface area contributed by atoms with Crippen LogP contribution < -0.4 is 11.1 Å². The molecule has 0 saturated heterocycles. The zero-order chi connectivity index (χ0) is 14.0. The van der Waals surface area contributed by atoms with Crippen molar-refractivity contribution in [2.45, 2.75) is 38.3 Å². The van der Waals surface area contributed by atoms with Gasteiger partial charge in [-0.3, -0.25) is 4.79 Å². The summed E-state index contributed by atoms with van der Waals surface area (Å²) in [7, 11) is 0. The van der Waals surface area contributed by atoms with Crippen molar-refractivity contribution < 1.29 is 13.6 Å². The smallest absolute Gasteiger partial charge is 0.222 e. The van der Waals surface area contributed by atoms with Gasteiger partial charge in [0.1, 0.15) is 11.6 Å². The van der Waals surface area contributed by atoms with Crippen LogP contribution in [0.3, 0.4) is 0 Å². The highest BCUT2D eigenvalue weighted by molar-refractivity contribution is 5.77. The van der Waals surface area contributed by atoms with Crippen LogP contribution in [-0.2, 0) is 4.79 Å². The SMILES string of the molecule is CC(NC(=O)CC(N)C1CC1)c1cc(F)ccc1F. The second-order valence-corrected chi connectivity index (χ2v) is 5.16. The van der Waals surface area contributed by atoms with Crippen molar-refractivity contribution in [1.82, 2.24) is 5.32 Å². The first-order chi connectivity index (χ1) is 8.97. The summed E-state index contributed by atoms with van der Waals surface area (Å²) in [5, 5.41) is 2.65. The minimum atomic E-state index is -0.574. The van der Waals surface area contributed by atoms with Crippen LogP contribution in [0, 0.1) is 17.6 Å². The van der Waals surface area contributed by atoms with Crippen molar-refractivity contribution in [1.29, 1.82) is 0 Å². The van der Waals surface area contributed by atoms with Crippen LogP contribution in [-0.4, -0.2) is 11.9 Å². The molecule has 3 nitrogen and oxygen atoms in total. The third-order valence-electron chi connectivity index (χ3n) is 3.45. The van der Waals surface area contributed by atoms with Crippen molar-refractivity contribution in [3.63, 3.8) is 0 Å². The van der Waals surface area contributed by atoms with Gasteiger partial charge in [-0.15, -0.1) is 0 Å². The lowest BCUT2D eigenvalue weighted by Gasteiger charge is -2.17. The molecule has 1 saturated carbocycles. The Morgan fingerprint density at radius 2 is 2.16 bits per heavy atom. The first-order valence-electron chi connectivity index (χ1n) is 6.47. The van der Waals surface area contributed by atoms with Gasteiger partial charge >= 0.3 is 0 Å². The van der Waals surface area contributed by atoms with E-state index in [-0.39, 0.29) is 23.9 Å². The predicted octanol–water partition coefficient (Wildman–Crippen LogP) is 2.27. The number of rotatable bonds is 5. The molecule has 1 aliphatic rings. The Bertz CT molecular complexity index is 475. The lowest BCUT2D eigenvalue weighted by atomic mass is 10.1. The molecule has 0 aromatic heterocycles. The van der Waals surface area contributed by atoms with E-state index in [4.69, 9.17) is 5.73 Å². The van der Waals surface area contributed by atoms with Crippen molar-refractivity contribution in [2.24, 2.45) is 11.7 Å². The first-order valence-corrected chi connectivity index (χ1v) is 6.47. The number of halogens is 2. The Labute approximate surface area is 111 Å². The molecule has 1 aliphatic carbocycles. The third kappa shape index (κ3) is 3.73. The molecule has 0 radical (unpaired) electrons. The fourth-order valence-corrected chi connectivity index (χ4v) is 2.13. The number of amides is 1. The van der Waals surface area contributed by atoms with Gasteiger partial charge in [-0.05, 0) is 43.9 Å². The molecule has 19 heavy (non-hydrogen) atoms. The molecule has 3 N–H and O–H groups in total. The molecular formula is C14H18F2N2O. The summed E-state index contributed by atoms with van der Waals surface area (Å²) in [5.41, 5.74) is 6.00. The monoisotopic (exact) mass is 268 g/mol. The average molecular weight is 268 g/mol. The van der Waals surface area contributed by atoms with Gasteiger partial charge in [0.2, 0.25) is 5.91 Å². The fourth-order valence-electron chi connectivity index (χ4n) is 2.13. The van der Waals surface area contributed by atoms with Crippen LogP contribution in [0.5, 0.6) is 0 Å². The molecule has 0 spiro atoms. The lowest BCUT2D eigenvalue weighted by molar-refractivity contribution is -0.122. The summed E-state index contributed by atoms with van der Waals surface area (Å²) in [5.74, 6) is -0.838. The molecule has 2 rings (SSSR count). The van der Waals surface area contributed by atoms with E-state index in [1.807, 2.05) is 0 Å². The van der Waals surface area contributed by atoms with E-state index in [0.29, 0.717) is 5.92 Å². The van der Waals surface area contributed by atoms with Crippen LogP contribution in [0.4, 0.5) is 8.78 Å². The normalized spacial score (nSPS) is 17.9. The minimum Gasteiger partial charge on any atom is -0.349 e. The zero-order valence-corrected chi connectivity index (χ0v) is 10.8. The maximum atomic E-state index is 13.5. The number of hydrogen-bond donors (Lipinski definition) is 2. The number of carbonyl (C=O) groups excluding carboxylic acids is 1. The average Bonchev–Trinajstić information content (AvgIpc) is 3.15. The molecule has 0 bridgehead atoms. The molecular weight excluding hydrogens is 250 g/mol. The van der Waals surface area contributed by atoms with Gasteiger partial charge in [-0.1, -0.05) is 0 Å². The zero-order valence-electron chi connectivity index (χ0n) is 10.8. The van der Waals surface area contributed by atoms with Crippen LogP contribution in [0.1, 0.15) is 37.8 Å². The Balaban J connectivity index is 1.93. The van der Waals surface area contributed by atoms with E-state index < -0.39 is 17.7 Å². The molecule has 2 unspecified atom stereocenters. The molecule has 1 fully saturated rings. The second kappa shape index (κ2) is 5.65. The van der Waals surface area contributed by atoms with Gasteiger partial charge in [0.05, 0.1) is 6.04 Å².